The normalized spacial score (nSPS) is 14.5. The number of para-hydroxylation sites is 1. The summed E-state index contributed by atoms with van der Waals surface area (Å²) in [5, 5.41) is 6.82. The summed E-state index contributed by atoms with van der Waals surface area (Å²) in [5.74, 6) is 0.323. The molecule has 23 heavy (non-hydrogen) atoms. The SMILES string of the molecule is CC(C)(C)c1cc(NC(=O)CN2CCCc3ccccc32)on1. The molecule has 1 aromatic heterocycles. The fourth-order valence-corrected chi connectivity index (χ4v) is 2.81. The van der Waals surface area contributed by atoms with Crippen molar-refractivity contribution >= 4 is 17.5 Å². The summed E-state index contributed by atoms with van der Waals surface area (Å²) in [5.41, 5.74) is 3.19. The van der Waals surface area contributed by atoms with Crippen LogP contribution in [0.3, 0.4) is 0 Å². The summed E-state index contributed by atoms with van der Waals surface area (Å²) in [7, 11) is 0. The summed E-state index contributed by atoms with van der Waals surface area (Å²) in [4.78, 5) is 14.4. The first-order valence-electron chi connectivity index (χ1n) is 8.03. The number of carbonyl (C=O) groups is 1. The van der Waals surface area contributed by atoms with Crippen LogP contribution in [0.25, 0.3) is 0 Å². The average Bonchev–Trinajstić information content (AvgIpc) is 2.96. The van der Waals surface area contributed by atoms with Crippen molar-refractivity contribution in [3.8, 4) is 0 Å². The molecule has 5 nitrogen and oxygen atoms in total. The molecule has 3 rings (SSSR count). The van der Waals surface area contributed by atoms with E-state index >= 15 is 0 Å². The Morgan fingerprint density at radius 1 is 1.35 bits per heavy atom. The van der Waals surface area contributed by atoms with Gasteiger partial charge in [-0.3, -0.25) is 10.1 Å². The fraction of sp³-hybridized carbons (Fsp3) is 0.444. The third-order valence-electron chi connectivity index (χ3n) is 4.08. The van der Waals surface area contributed by atoms with Crippen LogP contribution in [-0.2, 0) is 16.6 Å². The highest BCUT2D eigenvalue weighted by atomic mass is 16.5. The molecule has 1 aromatic carbocycles. The first-order chi connectivity index (χ1) is 10.9. The summed E-state index contributed by atoms with van der Waals surface area (Å²) >= 11 is 0. The van der Waals surface area contributed by atoms with Gasteiger partial charge in [-0.05, 0) is 24.5 Å². The Hall–Kier alpha value is -2.30. The molecule has 1 aliphatic heterocycles. The van der Waals surface area contributed by atoms with E-state index in [1.165, 1.54) is 5.56 Å². The summed E-state index contributed by atoms with van der Waals surface area (Å²) in [6.45, 7) is 7.39. The second-order valence-electron chi connectivity index (χ2n) is 7.03. The molecule has 122 valence electrons. The minimum atomic E-state index is -0.0989. The number of nitrogens with zero attached hydrogens (tertiary/aromatic N) is 2. The van der Waals surface area contributed by atoms with Crippen molar-refractivity contribution in [3.63, 3.8) is 0 Å². The van der Waals surface area contributed by atoms with E-state index < -0.39 is 0 Å². The van der Waals surface area contributed by atoms with Gasteiger partial charge in [-0.2, -0.15) is 0 Å². The van der Waals surface area contributed by atoms with Crippen molar-refractivity contribution in [2.24, 2.45) is 0 Å². The Balaban J connectivity index is 1.65. The van der Waals surface area contributed by atoms with Crippen molar-refractivity contribution in [3.05, 3.63) is 41.6 Å². The number of nitrogens with one attached hydrogen (secondary N) is 1. The maximum Gasteiger partial charge on any atom is 0.246 e. The maximum atomic E-state index is 12.3. The van der Waals surface area contributed by atoms with Crippen LogP contribution in [0.5, 0.6) is 0 Å². The molecule has 0 saturated carbocycles. The fourth-order valence-electron chi connectivity index (χ4n) is 2.81. The van der Waals surface area contributed by atoms with Crippen LogP contribution in [0.2, 0.25) is 0 Å². The number of fused-ring (bicyclic) bond motifs is 1. The maximum absolute atomic E-state index is 12.3. The number of hydrogen-bond donors (Lipinski definition) is 1. The van der Waals surface area contributed by atoms with Gasteiger partial charge in [0, 0.05) is 23.7 Å². The molecule has 2 heterocycles. The number of aryl methyl sites for hydroxylation is 1. The van der Waals surface area contributed by atoms with Gasteiger partial charge < -0.3 is 9.42 Å². The van der Waals surface area contributed by atoms with Gasteiger partial charge in [-0.15, -0.1) is 0 Å². The average molecular weight is 313 g/mol. The highest BCUT2D eigenvalue weighted by Crippen LogP contribution is 2.27. The second-order valence-corrected chi connectivity index (χ2v) is 7.03. The van der Waals surface area contributed by atoms with Crippen molar-refractivity contribution in [1.29, 1.82) is 0 Å². The molecule has 5 heteroatoms. The standard InChI is InChI=1S/C18H23N3O2/c1-18(2,3)15-11-17(23-20-15)19-16(22)12-21-10-6-8-13-7-4-5-9-14(13)21/h4-5,7,9,11H,6,8,10,12H2,1-3H3,(H,19,22). The molecule has 0 saturated heterocycles. The highest BCUT2D eigenvalue weighted by molar-refractivity contribution is 5.93. The van der Waals surface area contributed by atoms with E-state index in [0.717, 1.165) is 30.8 Å². The van der Waals surface area contributed by atoms with Gasteiger partial charge in [-0.25, -0.2) is 0 Å². The highest BCUT2D eigenvalue weighted by Gasteiger charge is 2.21. The Morgan fingerprint density at radius 3 is 2.87 bits per heavy atom. The number of anilines is 2. The predicted molar refractivity (Wildman–Crippen MR) is 90.8 cm³/mol. The molecule has 0 aliphatic carbocycles. The minimum Gasteiger partial charge on any atom is -0.362 e. The van der Waals surface area contributed by atoms with Crippen LogP contribution in [0.4, 0.5) is 11.6 Å². The Kier molecular flexibility index (Phi) is 4.11. The van der Waals surface area contributed by atoms with Crippen molar-refractivity contribution in [2.75, 3.05) is 23.3 Å². The molecule has 0 spiro atoms. The van der Waals surface area contributed by atoms with Crippen molar-refractivity contribution < 1.29 is 9.32 Å². The van der Waals surface area contributed by atoms with Crippen LogP contribution in [0.1, 0.15) is 38.4 Å². The molecular formula is C18H23N3O2. The molecule has 0 bridgehead atoms. The first kappa shape index (κ1) is 15.6. The van der Waals surface area contributed by atoms with Gasteiger partial charge in [0.15, 0.2) is 0 Å². The van der Waals surface area contributed by atoms with E-state index in [-0.39, 0.29) is 11.3 Å². The Morgan fingerprint density at radius 2 is 2.13 bits per heavy atom. The van der Waals surface area contributed by atoms with Gasteiger partial charge in [0.25, 0.3) is 0 Å². The van der Waals surface area contributed by atoms with Crippen molar-refractivity contribution in [1.82, 2.24) is 5.16 Å². The summed E-state index contributed by atoms with van der Waals surface area (Å²) in [6.07, 6.45) is 2.14. The number of amides is 1. The van der Waals surface area contributed by atoms with E-state index in [1.54, 1.807) is 6.07 Å². The minimum absolute atomic E-state index is 0.0849. The van der Waals surface area contributed by atoms with E-state index in [1.807, 2.05) is 12.1 Å². The topological polar surface area (TPSA) is 58.4 Å². The molecule has 0 unspecified atom stereocenters. The van der Waals surface area contributed by atoms with E-state index in [2.05, 4.69) is 48.3 Å². The molecule has 0 radical (unpaired) electrons. The lowest BCUT2D eigenvalue weighted by Gasteiger charge is -2.30. The number of aromatic nitrogens is 1. The lowest BCUT2D eigenvalue weighted by molar-refractivity contribution is -0.115. The first-order valence-corrected chi connectivity index (χ1v) is 8.03. The molecular weight excluding hydrogens is 290 g/mol. The molecule has 1 aliphatic rings. The lowest BCUT2D eigenvalue weighted by atomic mass is 9.92. The summed E-state index contributed by atoms with van der Waals surface area (Å²) < 4.78 is 5.22. The lowest BCUT2D eigenvalue weighted by Crippen LogP contribution is -2.36. The smallest absolute Gasteiger partial charge is 0.246 e. The van der Waals surface area contributed by atoms with Crippen LogP contribution in [-0.4, -0.2) is 24.2 Å². The number of rotatable bonds is 3. The molecule has 0 fully saturated rings. The number of carbonyl (C=O) groups excluding carboxylic acids is 1. The Bertz CT molecular complexity index is 700. The largest absolute Gasteiger partial charge is 0.362 e. The van der Waals surface area contributed by atoms with Gasteiger partial charge in [0.1, 0.15) is 0 Å². The van der Waals surface area contributed by atoms with E-state index in [4.69, 9.17) is 4.52 Å². The Labute approximate surface area is 136 Å². The van der Waals surface area contributed by atoms with Gasteiger partial charge in [-0.1, -0.05) is 44.1 Å². The zero-order valence-electron chi connectivity index (χ0n) is 13.9. The quantitative estimate of drug-likeness (QED) is 0.944. The van der Waals surface area contributed by atoms with Gasteiger partial charge in [0.05, 0.1) is 12.2 Å². The van der Waals surface area contributed by atoms with Crippen molar-refractivity contribution in [2.45, 2.75) is 39.0 Å². The zero-order chi connectivity index (χ0) is 16.4. The molecule has 2 aromatic rings. The van der Waals surface area contributed by atoms with Crippen LogP contribution in [0, 0.1) is 0 Å². The molecule has 0 atom stereocenters. The van der Waals surface area contributed by atoms with Crippen LogP contribution < -0.4 is 10.2 Å². The monoisotopic (exact) mass is 313 g/mol. The predicted octanol–water partition coefficient (Wildman–Crippen LogP) is 3.36. The van der Waals surface area contributed by atoms with Crippen LogP contribution in [0.15, 0.2) is 34.9 Å². The van der Waals surface area contributed by atoms with E-state index in [9.17, 15) is 4.79 Å². The molecule has 1 amide bonds. The second kappa shape index (κ2) is 6.07. The van der Waals surface area contributed by atoms with Gasteiger partial charge >= 0.3 is 0 Å². The van der Waals surface area contributed by atoms with Crippen LogP contribution >= 0.6 is 0 Å². The zero-order valence-corrected chi connectivity index (χ0v) is 13.9. The third-order valence-corrected chi connectivity index (χ3v) is 4.08. The number of hydrogen-bond acceptors (Lipinski definition) is 4. The third kappa shape index (κ3) is 3.55. The summed E-state index contributed by atoms with van der Waals surface area (Å²) in [6, 6.07) is 10.1. The van der Waals surface area contributed by atoms with Gasteiger partial charge in [0.2, 0.25) is 11.8 Å². The molecule has 1 N–H and O–H groups in total. The van der Waals surface area contributed by atoms with E-state index in [0.29, 0.717) is 12.4 Å². The number of benzene rings is 1.